The Kier molecular flexibility index (Phi) is 14.0. The van der Waals surface area contributed by atoms with E-state index in [-0.39, 0.29) is 17.0 Å². The number of benzene rings is 1. The number of nitrogens with zero attached hydrogens (tertiary/aromatic N) is 3. The van der Waals surface area contributed by atoms with E-state index >= 15 is 0 Å². The number of anilines is 1. The van der Waals surface area contributed by atoms with Crippen LogP contribution in [0.3, 0.4) is 0 Å². The summed E-state index contributed by atoms with van der Waals surface area (Å²) in [7, 11) is 0. The minimum absolute atomic E-state index is 0.0767. The van der Waals surface area contributed by atoms with Crippen molar-refractivity contribution < 1.29 is 4.74 Å². The fourth-order valence-electron chi connectivity index (χ4n) is 5.02. The maximum absolute atomic E-state index is 12.1. The molecule has 0 amide bonds. The van der Waals surface area contributed by atoms with Gasteiger partial charge in [-0.15, -0.1) is 0 Å². The lowest BCUT2D eigenvalue weighted by molar-refractivity contribution is 0.132. The Morgan fingerprint density at radius 1 is 0.895 bits per heavy atom. The molecule has 3 aromatic rings. The fraction of sp³-hybridized carbons (Fsp3) is 0.645. The number of fused-ring (bicyclic) bond motifs is 1. The quantitative estimate of drug-likeness (QED) is 0.143. The maximum Gasteiger partial charge on any atom is 0.280 e. The van der Waals surface area contributed by atoms with Gasteiger partial charge in [0, 0.05) is 6.61 Å². The third kappa shape index (κ3) is 10.2. The van der Waals surface area contributed by atoms with Crippen LogP contribution in [0.1, 0.15) is 115 Å². The smallest absolute Gasteiger partial charge is 0.280 e. The second-order valence-corrected chi connectivity index (χ2v) is 10.4. The van der Waals surface area contributed by atoms with Crippen LogP contribution in [0.15, 0.2) is 29.3 Å². The predicted molar refractivity (Wildman–Crippen MR) is 157 cm³/mol. The van der Waals surface area contributed by atoms with Gasteiger partial charge in [-0.25, -0.2) is 4.98 Å². The van der Waals surface area contributed by atoms with Gasteiger partial charge in [-0.1, -0.05) is 115 Å². The highest BCUT2D eigenvalue weighted by Crippen LogP contribution is 2.19. The van der Waals surface area contributed by atoms with Crippen LogP contribution in [0.25, 0.3) is 16.9 Å². The van der Waals surface area contributed by atoms with E-state index < -0.39 is 0 Å². The van der Waals surface area contributed by atoms with Crippen LogP contribution in [-0.2, 0) is 11.2 Å². The number of hydrogen-bond donors (Lipinski definition) is 2. The van der Waals surface area contributed by atoms with Crippen molar-refractivity contribution in [3.63, 3.8) is 0 Å². The Balaban J connectivity index is 1.21. The van der Waals surface area contributed by atoms with E-state index in [9.17, 15) is 4.79 Å². The molecule has 0 bridgehead atoms. The minimum Gasteiger partial charge on any atom is -0.381 e. The second kappa shape index (κ2) is 17.8. The first-order valence-electron chi connectivity index (χ1n) is 15.0. The van der Waals surface area contributed by atoms with Gasteiger partial charge in [0.1, 0.15) is 6.33 Å². The van der Waals surface area contributed by atoms with Gasteiger partial charge in [0.25, 0.3) is 5.56 Å². The number of aromatic amines is 1. The molecular formula is C31H48N5O2. The molecule has 7 nitrogen and oxygen atoms in total. The number of rotatable bonds is 21. The van der Waals surface area contributed by atoms with Crippen LogP contribution in [0, 0.1) is 6.07 Å². The SMILES string of the molecule is CCCCCCCCCCCCCCCCCCOCCc1[c]cccc1-n1cnc2c(=O)[nH]c(N)nc21. The van der Waals surface area contributed by atoms with Crippen LogP contribution in [0.2, 0.25) is 0 Å². The van der Waals surface area contributed by atoms with E-state index in [0.29, 0.717) is 12.3 Å². The zero-order valence-corrected chi connectivity index (χ0v) is 23.5. The highest BCUT2D eigenvalue weighted by Gasteiger charge is 2.13. The van der Waals surface area contributed by atoms with Crippen LogP contribution >= 0.6 is 0 Å². The average molecular weight is 523 g/mol. The van der Waals surface area contributed by atoms with Gasteiger partial charge in [0.15, 0.2) is 11.2 Å². The van der Waals surface area contributed by atoms with Crippen LogP contribution in [0.4, 0.5) is 5.95 Å². The molecule has 2 heterocycles. The number of imidazole rings is 1. The molecular weight excluding hydrogens is 474 g/mol. The zero-order chi connectivity index (χ0) is 26.8. The molecule has 0 aliphatic carbocycles. The van der Waals surface area contributed by atoms with E-state index in [1.54, 1.807) is 10.9 Å². The topological polar surface area (TPSA) is 98.8 Å². The highest BCUT2D eigenvalue weighted by molar-refractivity contribution is 5.73. The van der Waals surface area contributed by atoms with Crippen molar-refractivity contribution in [2.45, 2.75) is 116 Å². The summed E-state index contributed by atoms with van der Waals surface area (Å²) in [5, 5.41) is 0. The van der Waals surface area contributed by atoms with Gasteiger partial charge in [0.05, 0.1) is 12.3 Å². The van der Waals surface area contributed by atoms with Crippen molar-refractivity contribution >= 4 is 17.1 Å². The molecule has 2 aromatic heterocycles. The first kappa shape index (κ1) is 29.9. The largest absolute Gasteiger partial charge is 0.381 e. The third-order valence-corrected chi connectivity index (χ3v) is 7.24. The Morgan fingerprint density at radius 2 is 1.50 bits per heavy atom. The third-order valence-electron chi connectivity index (χ3n) is 7.24. The van der Waals surface area contributed by atoms with Crippen molar-refractivity contribution in [1.82, 2.24) is 19.5 Å². The van der Waals surface area contributed by atoms with Crippen molar-refractivity contribution in [1.29, 1.82) is 0 Å². The van der Waals surface area contributed by atoms with Crippen molar-refractivity contribution in [3.05, 3.63) is 46.5 Å². The van der Waals surface area contributed by atoms with Crippen molar-refractivity contribution in [2.75, 3.05) is 18.9 Å². The number of hydrogen-bond acceptors (Lipinski definition) is 5. The summed E-state index contributed by atoms with van der Waals surface area (Å²) in [6.45, 7) is 3.71. The van der Waals surface area contributed by atoms with Gasteiger partial charge in [-0.05, 0) is 30.5 Å². The zero-order valence-electron chi connectivity index (χ0n) is 23.5. The average Bonchev–Trinajstić information content (AvgIpc) is 3.34. The Bertz CT molecular complexity index is 1110. The molecule has 0 fully saturated rings. The van der Waals surface area contributed by atoms with Crippen molar-refractivity contribution in [3.8, 4) is 5.69 Å². The molecule has 209 valence electrons. The number of ether oxygens (including phenoxy) is 1. The summed E-state index contributed by atoms with van der Waals surface area (Å²) >= 11 is 0. The normalized spacial score (nSPS) is 11.5. The van der Waals surface area contributed by atoms with Gasteiger partial charge >= 0.3 is 0 Å². The summed E-state index contributed by atoms with van der Waals surface area (Å²) in [4.78, 5) is 23.1. The minimum atomic E-state index is -0.338. The van der Waals surface area contributed by atoms with E-state index in [0.717, 1.165) is 30.7 Å². The summed E-state index contributed by atoms with van der Waals surface area (Å²) in [5.74, 6) is 0.0767. The van der Waals surface area contributed by atoms with Gasteiger partial charge in [0.2, 0.25) is 5.95 Å². The Morgan fingerprint density at radius 3 is 2.13 bits per heavy atom. The molecule has 0 spiro atoms. The summed E-state index contributed by atoms with van der Waals surface area (Å²) < 4.78 is 7.71. The standard InChI is InChI=1S/C31H48N5O2/c1-2-3-4-5-6-7-8-9-10-11-12-13-14-15-16-19-23-38-24-22-26-20-17-18-21-27(26)36-25-33-28-29(36)34-31(32)35-30(28)37/h17-18,21,25H,2-16,19,22-24H2,1H3,(H3,32,34,35,37). The summed E-state index contributed by atoms with van der Waals surface area (Å²) in [5.41, 5.74) is 8.01. The van der Waals surface area contributed by atoms with Crippen LogP contribution in [0.5, 0.6) is 0 Å². The molecule has 3 N–H and O–H groups in total. The van der Waals surface area contributed by atoms with Gasteiger partial charge < -0.3 is 10.5 Å². The molecule has 0 unspecified atom stereocenters. The molecule has 0 atom stereocenters. The molecule has 0 saturated heterocycles. The molecule has 1 radical (unpaired) electrons. The van der Waals surface area contributed by atoms with Gasteiger partial charge in [-0.3, -0.25) is 14.3 Å². The lowest BCUT2D eigenvalue weighted by atomic mass is 10.0. The molecule has 0 aliphatic rings. The predicted octanol–water partition coefficient (Wildman–Crippen LogP) is 7.31. The number of nitrogens with one attached hydrogen (secondary N) is 1. The number of nitrogens with two attached hydrogens (primary N) is 1. The lowest BCUT2D eigenvalue weighted by Gasteiger charge is -2.11. The number of H-pyrrole nitrogens is 1. The highest BCUT2D eigenvalue weighted by atomic mass is 16.5. The molecule has 0 saturated carbocycles. The monoisotopic (exact) mass is 522 g/mol. The molecule has 7 heteroatoms. The summed E-state index contributed by atoms with van der Waals surface area (Å²) in [6, 6.07) is 9.08. The Labute approximate surface area is 228 Å². The van der Waals surface area contributed by atoms with E-state index in [1.807, 2.05) is 18.2 Å². The molecule has 1 aromatic carbocycles. The maximum atomic E-state index is 12.1. The molecule has 3 rings (SSSR count). The number of aromatic nitrogens is 4. The molecule has 38 heavy (non-hydrogen) atoms. The van der Waals surface area contributed by atoms with Crippen LogP contribution < -0.4 is 11.3 Å². The number of unbranched alkanes of at least 4 members (excludes halogenated alkanes) is 15. The van der Waals surface area contributed by atoms with Gasteiger partial charge in [-0.2, -0.15) is 4.98 Å². The lowest BCUT2D eigenvalue weighted by Crippen LogP contribution is -2.12. The van der Waals surface area contributed by atoms with Crippen molar-refractivity contribution in [2.24, 2.45) is 0 Å². The first-order chi connectivity index (χ1) is 18.7. The Hall–Kier alpha value is -2.67. The van der Waals surface area contributed by atoms with Crippen LogP contribution in [-0.4, -0.2) is 32.7 Å². The second-order valence-electron chi connectivity index (χ2n) is 10.4. The first-order valence-corrected chi connectivity index (χ1v) is 15.0. The van der Waals surface area contributed by atoms with E-state index in [4.69, 9.17) is 10.5 Å². The molecule has 0 aliphatic heterocycles. The summed E-state index contributed by atoms with van der Waals surface area (Å²) in [6.07, 6.45) is 24.3. The van der Waals surface area contributed by atoms with E-state index in [1.165, 1.54) is 96.3 Å². The fourth-order valence-corrected chi connectivity index (χ4v) is 5.02. The number of nitrogen functional groups attached to an aromatic ring is 1. The van der Waals surface area contributed by atoms with E-state index in [2.05, 4.69) is 27.9 Å².